The molecule has 4 N–H and O–H groups in total. The van der Waals surface area contributed by atoms with E-state index in [0.717, 1.165) is 0 Å². The fourth-order valence-electron chi connectivity index (χ4n) is 2.91. The van der Waals surface area contributed by atoms with Gasteiger partial charge < -0.3 is 20.4 Å². The molecule has 2 aliphatic rings. The number of rotatable bonds is 2. The number of aliphatic carboxylic acids is 1. The van der Waals surface area contributed by atoms with E-state index in [-0.39, 0.29) is 18.3 Å². The van der Waals surface area contributed by atoms with Crippen LogP contribution >= 0.6 is 0 Å². The second-order valence-electron chi connectivity index (χ2n) is 4.30. The topological polar surface area (TPSA) is 98.0 Å². The smallest absolute Gasteiger partial charge is 0.303 e. The van der Waals surface area contributed by atoms with E-state index in [2.05, 4.69) is 0 Å². The first kappa shape index (κ1) is 9.89. The van der Waals surface area contributed by atoms with E-state index < -0.39 is 30.2 Å². The number of carboxylic acid groups (broad SMARTS) is 1. The van der Waals surface area contributed by atoms with Gasteiger partial charge in [0.05, 0.1) is 24.7 Å². The second kappa shape index (κ2) is 3.18. The first-order valence-electron chi connectivity index (χ1n) is 4.78. The van der Waals surface area contributed by atoms with Crippen molar-refractivity contribution in [3.8, 4) is 0 Å². The van der Waals surface area contributed by atoms with Crippen molar-refractivity contribution in [2.75, 3.05) is 0 Å². The minimum Gasteiger partial charge on any atom is -0.481 e. The molecule has 2 fully saturated rings. The number of hydrogen-bond donors (Lipinski definition) is 4. The van der Waals surface area contributed by atoms with E-state index in [1.807, 2.05) is 0 Å². The monoisotopic (exact) mass is 202 g/mol. The first-order valence-corrected chi connectivity index (χ1v) is 4.78. The summed E-state index contributed by atoms with van der Waals surface area (Å²) in [5.74, 6) is -1.99. The summed E-state index contributed by atoms with van der Waals surface area (Å²) in [4.78, 5) is 10.5. The molecule has 0 radical (unpaired) electrons. The van der Waals surface area contributed by atoms with Crippen molar-refractivity contribution in [1.29, 1.82) is 0 Å². The zero-order valence-corrected chi connectivity index (χ0v) is 7.58. The Hall–Kier alpha value is -0.650. The van der Waals surface area contributed by atoms with E-state index in [9.17, 15) is 20.1 Å². The van der Waals surface area contributed by atoms with Crippen LogP contribution in [-0.2, 0) is 4.79 Å². The molecule has 6 atom stereocenters. The summed E-state index contributed by atoms with van der Waals surface area (Å²) in [5, 5.41) is 37.3. The summed E-state index contributed by atoms with van der Waals surface area (Å²) in [6.45, 7) is 0. The maximum absolute atomic E-state index is 10.5. The molecule has 0 aromatic rings. The summed E-state index contributed by atoms with van der Waals surface area (Å²) in [5.41, 5.74) is 0. The predicted molar refractivity (Wildman–Crippen MR) is 45.4 cm³/mol. The van der Waals surface area contributed by atoms with Crippen LogP contribution in [0.25, 0.3) is 0 Å². The average molecular weight is 202 g/mol. The fourth-order valence-corrected chi connectivity index (χ4v) is 2.91. The number of carbonyl (C=O) groups is 1. The van der Waals surface area contributed by atoms with Crippen molar-refractivity contribution in [2.45, 2.75) is 31.2 Å². The molecule has 6 unspecified atom stereocenters. The molecule has 2 rings (SSSR count). The van der Waals surface area contributed by atoms with E-state index in [0.29, 0.717) is 6.42 Å². The van der Waals surface area contributed by atoms with Gasteiger partial charge in [-0.25, -0.2) is 0 Å². The highest BCUT2D eigenvalue weighted by molar-refractivity contribution is 5.67. The number of aliphatic hydroxyl groups excluding tert-OH is 3. The molecule has 14 heavy (non-hydrogen) atoms. The van der Waals surface area contributed by atoms with Crippen LogP contribution in [-0.4, -0.2) is 44.7 Å². The van der Waals surface area contributed by atoms with Gasteiger partial charge in [-0.2, -0.15) is 0 Å². The Bertz CT molecular complexity index is 254. The molecule has 0 aromatic carbocycles. The molecule has 0 saturated heterocycles. The van der Waals surface area contributed by atoms with E-state index >= 15 is 0 Å². The van der Waals surface area contributed by atoms with Crippen LogP contribution in [0.15, 0.2) is 0 Å². The number of fused-ring (bicyclic) bond motifs is 2. The molecule has 0 aromatic heterocycles. The SMILES string of the molecule is O=C(O)CC1C(O)C2CC1C(O)C2O. The van der Waals surface area contributed by atoms with Crippen LogP contribution in [0, 0.1) is 17.8 Å². The average Bonchev–Trinajstić information content (AvgIpc) is 2.54. The van der Waals surface area contributed by atoms with Crippen molar-refractivity contribution in [3.05, 3.63) is 0 Å². The number of hydrogen-bond acceptors (Lipinski definition) is 4. The third-order valence-electron chi connectivity index (χ3n) is 3.61. The molecular formula is C9H14O5. The van der Waals surface area contributed by atoms with Crippen LogP contribution in [0.1, 0.15) is 12.8 Å². The van der Waals surface area contributed by atoms with Crippen LogP contribution in [0.4, 0.5) is 0 Å². The highest BCUT2D eigenvalue weighted by atomic mass is 16.4. The van der Waals surface area contributed by atoms with Crippen molar-refractivity contribution in [2.24, 2.45) is 17.8 Å². The molecule has 5 heteroatoms. The molecule has 0 aliphatic heterocycles. The van der Waals surface area contributed by atoms with Gasteiger partial charge in [0.15, 0.2) is 0 Å². The van der Waals surface area contributed by atoms with Crippen molar-refractivity contribution < 1.29 is 25.2 Å². The standard InChI is InChI=1S/C9H14O5/c10-6(11)2-4-3-1-5(7(4)12)9(14)8(3)13/h3-5,7-9,12-14H,1-2H2,(H,10,11). The van der Waals surface area contributed by atoms with E-state index in [1.54, 1.807) is 0 Å². The quantitative estimate of drug-likeness (QED) is 0.451. The lowest BCUT2D eigenvalue weighted by Crippen LogP contribution is -2.45. The molecule has 0 heterocycles. The van der Waals surface area contributed by atoms with Gasteiger partial charge in [0.1, 0.15) is 0 Å². The lowest BCUT2D eigenvalue weighted by molar-refractivity contribution is -0.143. The highest BCUT2D eigenvalue weighted by Gasteiger charge is 2.57. The summed E-state index contributed by atoms with van der Waals surface area (Å²) < 4.78 is 0. The van der Waals surface area contributed by atoms with Crippen LogP contribution in [0.3, 0.4) is 0 Å². The number of aliphatic hydroxyl groups is 3. The van der Waals surface area contributed by atoms with Gasteiger partial charge >= 0.3 is 5.97 Å². The molecule has 2 aliphatic carbocycles. The lowest BCUT2D eigenvalue weighted by Gasteiger charge is -2.32. The summed E-state index contributed by atoms with van der Waals surface area (Å²) in [7, 11) is 0. The fraction of sp³-hybridized carbons (Fsp3) is 0.889. The molecule has 80 valence electrons. The Labute approximate surface area is 81.0 Å². The number of carboxylic acids is 1. The maximum Gasteiger partial charge on any atom is 0.303 e. The van der Waals surface area contributed by atoms with Crippen molar-refractivity contribution in [3.63, 3.8) is 0 Å². The first-order chi connectivity index (χ1) is 6.52. The maximum atomic E-state index is 10.5. The Morgan fingerprint density at radius 1 is 1.07 bits per heavy atom. The van der Waals surface area contributed by atoms with Crippen LogP contribution in [0.2, 0.25) is 0 Å². The van der Waals surface area contributed by atoms with Gasteiger partial charge in [0.25, 0.3) is 0 Å². The van der Waals surface area contributed by atoms with Crippen molar-refractivity contribution in [1.82, 2.24) is 0 Å². The van der Waals surface area contributed by atoms with Crippen LogP contribution in [0.5, 0.6) is 0 Å². The molecule has 0 amide bonds. The van der Waals surface area contributed by atoms with Gasteiger partial charge in [-0.1, -0.05) is 0 Å². The molecule has 2 saturated carbocycles. The van der Waals surface area contributed by atoms with Crippen LogP contribution < -0.4 is 0 Å². The molecular weight excluding hydrogens is 188 g/mol. The Kier molecular flexibility index (Phi) is 2.25. The Balaban J connectivity index is 2.12. The molecule has 0 spiro atoms. The minimum atomic E-state index is -0.969. The lowest BCUT2D eigenvalue weighted by atomic mass is 9.81. The van der Waals surface area contributed by atoms with Gasteiger partial charge in [0.2, 0.25) is 0 Å². The Morgan fingerprint density at radius 3 is 2.14 bits per heavy atom. The summed E-state index contributed by atoms with van der Waals surface area (Å²) in [6.07, 6.45) is -2.14. The third-order valence-corrected chi connectivity index (χ3v) is 3.61. The van der Waals surface area contributed by atoms with Gasteiger partial charge in [0, 0.05) is 11.8 Å². The van der Waals surface area contributed by atoms with Gasteiger partial charge in [-0.05, 0) is 12.3 Å². The van der Waals surface area contributed by atoms with Gasteiger partial charge in [-0.15, -0.1) is 0 Å². The minimum absolute atomic E-state index is 0.133. The largest absolute Gasteiger partial charge is 0.481 e. The molecule has 2 bridgehead atoms. The Morgan fingerprint density at radius 2 is 1.64 bits per heavy atom. The third kappa shape index (κ3) is 1.24. The van der Waals surface area contributed by atoms with Gasteiger partial charge in [-0.3, -0.25) is 4.79 Å². The predicted octanol–water partition coefficient (Wildman–Crippen LogP) is -1.19. The van der Waals surface area contributed by atoms with E-state index in [1.165, 1.54) is 0 Å². The second-order valence-corrected chi connectivity index (χ2v) is 4.30. The summed E-state index contributed by atoms with van der Waals surface area (Å²) in [6, 6.07) is 0. The molecule has 5 nitrogen and oxygen atoms in total. The normalized spacial score (nSPS) is 51.1. The zero-order chi connectivity index (χ0) is 10.5. The van der Waals surface area contributed by atoms with Crippen molar-refractivity contribution >= 4 is 5.97 Å². The highest BCUT2D eigenvalue weighted by Crippen LogP contribution is 2.49. The zero-order valence-electron chi connectivity index (χ0n) is 7.58. The van der Waals surface area contributed by atoms with E-state index in [4.69, 9.17) is 5.11 Å². The summed E-state index contributed by atoms with van der Waals surface area (Å²) >= 11 is 0.